The number of rotatable bonds is 7. The maximum Gasteiger partial charge on any atom is 0.306 e. The Hall–Kier alpha value is -1.66. The third-order valence-corrected chi connectivity index (χ3v) is 4.74. The van der Waals surface area contributed by atoms with Crippen molar-refractivity contribution in [3.05, 3.63) is 50.1 Å². The largest absolute Gasteiger partial charge is 0.496 e. The molecule has 0 aliphatic carbocycles. The number of ketones is 1. The van der Waals surface area contributed by atoms with E-state index in [0.717, 1.165) is 14.9 Å². The number of hydrogen-bond donors (Lipinski definition) is 0. The van der Waals surface area contributed by atoms with E-state index in [9.17, 15) is 9.59 Å². The third-order valence-electron chi connectivity index (χ3n) is 3.20. The van der Waals surface area contributed by atoms with Crippen LogP contribution in [-0.2, 0) is 16.1 Å². The monoisotopic (exact) mass is 396 g/mol. The van der Waals surface area contributed by atoms with Gasteiger partial charge in [0, 0.05) is 21.3 Å². The predicted octanol–water partition coefficient (Wildman–Crippen LogP) is 4.53. The normalized spacial score (nSPS) is 10.4. The maximum atomic E-state index is 12.0. The number of thiophene rings is 1. The summed E-state index contributed by atoms with van der Waals surface area (Å²) >= 11 is 4.81. The summed E-state index contributed by atoms with van der Waals surface area (Å²) in [6, 6.07) is 9.18. The molecule has 1 aromatic carbocycles. The standard InChI is InChI=1S/C17H17BrO4S/c1-11-3-7-16(23-11)14(19)5-8-17(20)22-10-12-9-13(18)4-6-15(12)21-2/h3-4,6-7,9H,5,8,10H2,1-2H3. The lowest BCUT2D eigenvalue weighted by molar-refractivity contribution is -0.144. The van der Waals surface area contributed by atoms with Gasteiger partial charge in [-0.25, -0.2) is 0 Å². The Balaban J connectivity index is 1.83. The van der Waals surface area contributed by atoms with Crippen molar-refractivity contribution in [3.8, 4) is 5.75 Å². The Morgan fingerprint density at radius 3 is 2.61 bits per heavy atom. The van der Waals surface area contributed by atoms with Crippen molar-refractivity contribution in [2.45, 2.75) is 26.4 Å². The molecule has 1 heterocycles. The van der Waals surface area contributed by atoms with Crippen molar-refractivity contribution in [2.75, 3.05) is 7.11 Å². The van der Waals surface area contributed by atoms with Gasteiger partial charge < -0.3 is 9.47 Å². The minimum atomic E-state index is -0.395. The van der Waals surface area contributed by atoms with Gasteiger partial charge in [-0.2, -0.15) is 0 Å². The molecule has 0 radical (unpaired) electrons. The zero-order chi connectivity index (χ0) is 16.8. The van der Waals surface area contributed by atoms with Crippen LogP contribution in [0.4, 0.5) is 0 Å². The number of aryl methyl sites for hydroxylation is 1. The molecule has 2 rings (SSSR count). The van der Waals surface area contributed by atoms with Crippen molar-refractivity contribution in [1.82, 2.24) is 0 Å². The van der Waals surface area contributed by atoms with Gasteiger partial charge in [-0.05, 0) is 37.3 Å². The molecule has 0 fully saturated rings. The summed E-state index contributed by atoms with van der Waals surface area (Å²) in [6.45, 7) is 2.06. The van der Waals surface area contributed by atoms with Crippen LogP contribution in [0.25, 0.3) is 0 Å². The molecule has 0 saturated carbocycles. The highest BCUT2D eigenvalue weighted by atomic mass is 79.9. The zero-order valence-electron chi connectivity index (χ0n) is 12.9. The van der Waals surface area contributed by atoms with Gasteiger partial charge in [0.2, 0.25) is 0 Å². The first kappa shape index (κ1) is 17.7. The fraction of sp³-hybridized carbons (Fsp3) is 0.294. The van der Waals surface area contributed by atoms with Gasteiger partial charge in [-0.1, -0.05) is 15.9 Å². The molecule has 0 saturated heterocycles. The number of carbonyl (C=O) groups excluding carboxylic acids is 2. The Kier molecular flexibility index (Phi) is 6.36. The van der Waals surface area contributed by atoms with E-state index in [0.29, 0.717) is 10.6 Å². The molecule has 0 N–H and O–H groups in total. The molecule has 0 atom stereocenters. The fourth-order valence-corrected chi connectivity index (χ4v) is 3.26. The van der Waals surface area contributed by atoms with Crippen LogP contribution in [0.1, 0.15) is 33.0 Å². The van der Waals surface area contributed by atoms with E-state index < -0.39 is 5.97 Å². The molecule has 2 aromatic rings. The van der Waals surface area contributed by atoms with Gasteiger partial charge in [-0.3, -0.25) is 9.59 Å². The van der Waals surface area contributed by atoms with Crippen LogP contribution < -0.4 is 4.74 Å². The molecule has 122 valence electrons. The first-order chi connectivity index (χ1) is 11.0. The molecule has 0 amide bonds. The molecule has 6 heteroatoms. The Labute approximate surface area is 147 Å². The van der Waals surface area contributed by atoms with Gasteiger partial charge >= 0.3 is 5.97 Å². The van der Waals surface area contributed by atoms with Crippen LogP contribution >= 0.6 is 27.3 Å². The fourth-order valence-electron chi connectivity index (χ4n) is 2.01. The summed E-state index contributed by atoms with van der Waals surface area (Å²) in [5, 5.41) is 0. The number of ether oxygens (including phenoxy) is 2. The molecule has 0 bridgehead atoms. The number of esters is 1. The van der Waals surface area contributed by atoms with Crippen LogP contribution in [0.15, 0.2) is 34.8 Å². The van der Waals surface area contributed by atoms with Crippen molar-refractivity contribution in [2.24, 2.45) is 0 Å². The molecule has 0 unspecified atom stereocenters. The predicted molar refractivity (Wildman–Crippen MR) is 93.1 cm³/mol. The van der Waals surface area contributed by atoms with Gasteiger partial charge in [0.1, 0.15) is 12.4 Å². The van der Waals surface area contributed by atoms with Crippen molar-refractivity contribution < 1.29 is 19.1 Å². The van der Waals surface area contributed by atoms with Crippen LogP contribution in [0.5, 0.6) is 5.75 Å². The summed E-state index contributed by atoms with van der Waals surface area (Å²) in [5.41, 5.74) is 0.774. The van der Waals surface area contributed by atoms with E-state index in [1.165, 1.54) is 11.3 Å². The Morgan fingerprint density at radius 1 is 1.17 bits per heavy atom. The summed E-state index contributed by atoms with van der Waals surface area (Å²) in [4.78, 5) is 25.5. The van der Waals surface area contributed by atoms with Crippen molar-refractivity contribution in [3.63, 3.8) is 0 Å². The first-order valence-corrected chi connectivity index (χ1v) is 8.68. The highest BCUT2D eigenvalue weighted by Crippen LogP contribution is 2.24. The highest BCUT2D eigenvalue weighted by molar-refractivity contribution is 9.10. The summed E-state index contributed by atoms with van der Waals surface area (Å²) in [5.74, 6) is 0.236. The lowest BCUT2D eigenvalue weighted by Gasteiger charge is -2.09. The second kappa shape index (κ2) is 8.26. The Bertz CT molecular complexity index is 708. The summed E-state index contributed by atoms with van der Waals surface area (Å²) < 4.78 is 11.3. The molecule has 23 heavy (non-hydrogen) atoms. The van der Waals surface area contributed by atoms with E-state index in [1.54, 1.807) is 19.2 Å². The molecule has 1 aromatic heterocycles. The van der Waals surface area contributed by atoms with Crippen molar-refractivity contribution in [1.29, 1.82) is 0 Å². The smallest absolute Gasteiger partial charge is 0.306 e. The quantitative estimate of drug-likeness (QED) is 0.509. The molecular formula is C17H17BrO4S. The average Bonchev–Trinajstić information content (AvgIpc) is 2.97. The molecule has 0 aliphatic rings. The van der Waals surface area contributed by atoms with Gasteiger partial charge in [0.15, 0.2) is 5.78 Å². The minimum Gasteiger partial charge on any atom is -0.496 e. The van der Waals surface area contributed by atoms with E-state index in [-0.39, 0.29) is 25.2 Å². The van der Waals surface area contributed by atoms with Gasteiger partial charge in [0.05, 0.1) is 18.4 Å². The molecule has 0 aliphatic heterocycles. The third kappa shape index (κ3) is 5.18. The topological polar surface area (TPSA) is 52.6 Å². The number of benzene rings is 1. The number of carbonyl (C=O) groups is 2. The lowest BCUT2D eigenvalue weighted by atomic mass is 10.2. The molecule has 0 spiro atoms. The summed E-state index contributed by atoms with van der Waals surface area (Å²) in [6.07, 6.45) is 0.237. The van der Waals surface area contributed by atoms with E-state index in [1.807, 2.05) is 25.1 Å². The summed E-state index contributed by atoms with van der Waals surface area (Å²) in [7, 11) is 1.57. The number of methoxy groups -OCH3 is 1. The number of hydrogen-bond acceptors (Lipinski definition) is 5. The lowest BCUT2D eigenvalue weighted by Crippen LogP contribution is -2.08. The second-order valence-electron chi connectivity index (χ2n) is 4.95. The van der Waals surface area contributed by atoms with E-state index in [4.69, 9.17) is 9.47 Å². The average molecular weight is 397 g/mol. The molecular weight excluding hydrogens is 380 g/mol. The van der Waals surface area contributed by atoms with Crippen LogP contribution in [0.2, 0.25) is 0 Å². The van der Waals surface area contributed by atoms with E-state index in [2.05, 4.69) is 15.9 Å². The SMILES string of the molecule is COc1ccc(Br)cc1COC(=O)CCC(=O)c1ccc(C)s1. The van der Waals surface area contributed by atoms with Gasteiger partial charge in [0.25, 0.3) is 0 Å². The van der Waals surface area contributed by atoms with Gasteiger partial charge in [-0.15, -0.1) is 11.3 Å². The number of halogens is 1. The zero-order valence-corrected chi connectivity index (χ0v) is 15.3. The highest BCUT2D eigenvalue weighted by Gasteiger charge is 2.13. The Morgan fingerprint density at radius 2 is 1.96 bits per heavy atom. The van der Waals surface area contributed by atoms with E-state index >= 15 is 0 Å². The molecule has 4 nitrogen and oxygen atoms in total. The van der Waals surface area contributed by atoms with Crippen LogP contribution in [0, 0.1) is 6.92 Å². The van der Waals surface area contributed by atoms with Crippen LogP contribution in [-0.4, -0.2) is 18.9 Å². The van der Waals surface area contributed by atoms with Crippen LogP contribution in [0.3, 0.4) is 0 Å². The first-order valence-electron chi connectivity index (χ1n) is 7.07. The van der Waals surface area contributed by atoms with Crippen molar-refractivity contribution >= 4 is 39.0 Å². The second-order valence-corrected chi connectivity index (χ2v) is 7.15. The number of Topliss-reactive ketones (excluding diaryl/α,β-unsaturated/α-hetero) is 1. The minimum absolute atomic E-state index is 0.0277. The maximum absolute atomic E-state index is 12.0.